The van der Waals surface area contributed by atoms with E-state index in [2.05, 4.69) is 16.0 Å². The van der Waals surface area contributed by atoms with E-state index >= 15 is 0 Å². The van der Waals surface area contributed by atoms with Gasteiger partial charge in [0, 0.05) is 20.8 Å². The number of aliphatic hydroxyl groups is 24. The Bertz CT molecular complexity index is 2460. The molecule has 44 nitrogen and oxygen atoms in total. The van der Waals surface area contributed by atoms with E-state index in [4.69, 9.17) is 66.3 Å². The van der Waals surface area contributed by atoms with Crippen molar-refractivity contribution in [2.45, 2.75) is 260 Å². The van der Waals surface area contributed by atoms with E-state index in [9.17, 15) is 137 Å². The van der Waals surface area contributed by atoms with E-state index in [1.165, 1.54) is 0 Å². The van der Waals surface area contributed by atoms with Crippen LogP contribution in [0.15, 0.2) is 0 Å². The van der Waals surface area contributed by atoms with Crippen molar-refractivity contribution >= 4 is 17.7 Å². The summed E-state index contributed by atoms with van der Waals surface area (Å²) in [5.41, 5.74) is 0. The number of hydrogen-bond donors (Lipinski definition) is 27. The lowest BCUT2D eigenvalue weighted by molar-refractivity contribution is -0.384. The highest BCUT2D eigenvalue weighted by Crippen LogP contribution is 2.38. The van der Waals surface area contributed by atoms with Crippen molar-refractivity contribution in [1.29, 1.82) is 0 Å². The number of carbonyl (C=O) groups excluding carboxylic acids is 3. The Morgan fingerprint density at radius 2 is 0.602 bits per heavy atom. The lowest BCUT2D eigenvalue weighted by Crippen LogP contribution is -2.70. The molecule has 0 aromatic carbocycles. The fraction of sp³-hybridized carbons (Fsp3) is 0.944. The molecule has 98 heavy (non-hydrogen) atoms. The maximum Gasteiger partial charge on any atom is 0.217 e. The molecule has 7 fully saturated rings. The number of aliphatic hydroxyl groups excluding tert-OH is 24. The third kappa shape index (κ3) is 18.5. The van der Waals surface area contributed by atoms with Gasteiger partial charge in [0.05, 0.1) is 59.5 Å². The van der Waals surface area contributed by atoms with Crippen molar-refractivity contribution in [2.24, 2.45) is 0 Å². The van der Waals surface area contributed by atoms with Gasteiger partial charge in [0.25, 0.3) is 0 Å². The van der Waals surface area contributed by atoms with Crippen LogP contribution in [0.1, 0.15) is 20.8 Å². The Kier molecular flexibility index (Phi) is 30.6. The zero-order valence-corrected chi connectivity index (χ0v) is 52.6. The molecule has 27 N–H and O–H groups in total. The Morgan fingerprint density at radius 1 is 0.316 bits per heavy atom. The quantitative estimate of drug-likeness (QED) is 0.0331. The minimum atomic E-state index is -2.53. The normalized spacial score (nSPS) is 46.1. The highest BCUT2D eigenvalue weighted by atomic mass is 16.8. The standard InChI is InChI=1S/C54H93N3O41/c1-13(66)55-25-33(76)28(71)18(5-59)86-48(25)93-43(17(70)12-85-53-46(38(81)31(74)21(8-62)89-53)97-49-26(56-14(2)67)34(77)44(23(10-64)91-49)95-51-40(83)36(79)29(72)19(6-60)87-51)42(16(69)4-58)94-54-47(39(82)32(75)22(9-63)90-54)98-50-27(57-15(3)68)35(78)45(24(11-65)92-50)96-52-41(84)37(80)30(73)20(7-61)88-52/h16-54,58-65,69-84H,4-12H2,1-3H3,(H,55,66)(H,56,67)(H,57,68)/t16-,17-,18-,19-,20-,21-,22-,23-,24-,25-,26-,27-,28-,29+,30+,31-,32-,33-,34-,35-,36+,37+,38+,39+,40-,41-,42-,43-,44-,45-,46+,47+,48+,49+,50+,51+,52+,53+,54-/m1/s1. The summed E-state index contributed by atoms with van der Waals surface area (Å²) in [6.07, 6.45) is -75.1. The SMILES string of the molecule is CC(=O)N[C@H]1[C@H](O[C@@H]2[C@@H](OC[C@@H](O)[C@@H](O[C@@H]3O[C@H](CO)[C@@H](O)[C@H](O)[C@H]3NC(C)=O)[C@H](O[C@H]3O[C@H](CO)[C@@H](O)[C@H](O)[C@@H]3O[C@@H]3O[C@H](CO)[C@@H](O[C@@H]4O[C@H](CO)[C@H](O)[C@H](O)[C@H]4O)[C@H](O)[C@H]3NC(C)=O)[C@H](O)CO)O[C@H](CO)[C@@H](O)[C@@H]2O)O[C@H](CO)[C@@H](O[C@@H]2O[C@H](CO)[C@H](O)[C@H](O)[C@H]2O)[C@@H]1O. The zero-order chi connectivity index (χ0) is 72.6. The van der Waals surface area contributed by atoms with Gasteiger partial charge in [0.15, 0.2) is 44.0 Å². The fourth-order valence-electron chi connectivity index (χ4n) is 12.2. The van der Waals surface area contributed by atoms with Gasteiger partial charge in [0.1, 0.15) is 195 Å². The summed E-state index contributed by atoms with van der Waals surface area (Å²) in [7, 11) is 0. The van der Waals surface area contributed by atoms with Crippen LogP contribution in [-0.4, -0.2) is 439 Å². The Balaban J connectivity index is 1.23. The Morgan fingerprint density at radius 3 is 0.969 bits per heavy atom. The monoisotopic (exact) mass is 1440 g/mol. The van der Waals surface area contributed by atoms with Gasteiger partial charge in [-0.25, -0.2) is 0 Å². The highest BCUT2D eigenvalue weighted by molar-refractivity contribution is 5.74. The second kappa shape index (κ2) is 36.5. The third-order valence-electron chi connectivity index (χ3n) is 17.5. The second-order valence-electron chi connectivity index (χ2n) is 24.4. The molecule has 3 amide bonds. The number of hydrogen-bond acceptors (Lipinski definition) is 41. The van der Waals surface area contributed by atoms with Crippen molar-refractivity contribution in [1.82, 2.24) is 16.0 Å². The first-order valence-corrected chi connectivity index (χ1v) is 31.0. The van der Waals surface area contributed by atoms with Gasteiger partial charge >= 0.3 is 0 Å². The summed E-state index contributed by atoms with van der Waals surface area (Å²) in [6.45, 7) is -7.42. The molecular formula is C54H93N3O41. The van der Waals surface area contributed by atoms with Gasteiger partial charge in [-0.05, 0) is 0 Å². The molecule has 7 aliphatic rings. The predicted molar refractivity (Wildman–Crippen MR) is 301 cm³/mol. The van der Waals surface area contributed by atoms with Crippen LogP contribution in [0.4, 0.5) is 0 Å². The van der Waals surface area contributed by atoms with Gasteiger partial charge in [-0.1, -0.05) is 0 Å². The number of amides is 3. The van der Waals surface area contributed by atoms with E-state index < -0.39 is 316 Å². The van der Waals surface area contributed by atoms with Crippen molar-refractivity contribution in [3.8, 4) is 0 Å². The summed E-state index contributed by atoms with van der Waals surface area (Å²) in [5, 5.41) is 269. The van der Waals surface area contributed by atoms with Gasteiger partial charge in [-0.3, -0.25) is 14.4 Å². The van der Waals surface area contributed by atoms with Crippen LogP contribution >= 0.6 is 0 Å². The van der Waals surface area contributed by atoms with E-state index in [0.717, 1.165) is 20.8 Å². The van der Waals surface area contributed by atoms with Crippen LogP contribution in [0.3, 0.4) is 0 Å². The number of rotatable bonds is 29. The molecule has 7 rings (SSSR count). The van der Waals surface area contributed by atoms with Crippen LogP contribution < -0.4 is 16.0 Å². The predicted octanol–water partition coefficient (Wildman–Crippen LogP) is -18.4. The van der Waals surface area contributed by atoms with Crippen LogP contribution in [0.2, 0.25) is 0 Å². The van der Waals surface area contributed by atoms with Crippen molar-refractivity contribution in [3.05, 3.63) is 0 Å². The first-order valence-electron chi connectivity index (χ1n) is 31.0. The van der Waals surface area contributed by atoms with Crippen LogP contribution in [0, 0.1) is 0 Å². The van der Waals surface area contributed by atoms with Gasteiger partial charge in [-0.15, -0.1) is 0 Å². The van der Waals surface area contributed by atoms with Crippen LogP contribution in [0.25, 0.3) is 0 Å². The Hall–Kier alpha value is -3.11. The first kappa shape index (κ1) is 82.2. The Labute approximate surface area is 555 Å². The summed E-state index contributed by atoms with van der Waals surface area (Å²) < 4.78 is 82.0. The average molecular weight is 1440 g/mol. The lowest BCUT2D eigenvalue weighted by Gasteiger charge is -2.50. The van der Waals surface area contributed by atoms with Gasteiger partial charge < -0.3 is 205 Å². The van der Waals surface area contributed by atoms with E-state index in [1.54, 1.807) is 0 Å². The van der Waals surface area contributed by atoms with E-state index in [0.29, 0.717) is 0 Å². The molecule has 0 radical (unpaired) electrons. The molecule has 0 spiro atoms. The largest absolute Gasteiger partial charge is 0.394 e. The lowest BCUT2D eigenvalue weighted by atomic mass is 9.94. The highest BCUT2D eigenvalue weighted by Gasteiger charge is 2.59. The molecule has 570 valence electrons. The molecule has 7 heterocycles. The summed E-state index contributed by atoms with van der Waals surface area (Å²) >= 11 is 0. The first-order chi connectivity index (χ1) is 46.3. The fourth-order valence-corrected chi connectivity index (χ4v) is 12.2. The summed E-state index contributed by atoms with van der Waals surface area (Å²) in [6, 6.07) is -5.74. The number of nitrogens with one attached hydrogen (secondary N) is 3. The maximum absolute atomic E-state index is 12.8. The molecule has 7 aliphatic heterocycles. The molecule has 39 atom stereocenters. The van der Waals surface area contributed by atoms with Gasteiger partial charge in [-0.2, -0.15) is 0 Å². The zero-order valence-electron chi connectivity index (χ0n) is 52.6. The van der Waals surface area contributed by atoms with Crippen molar-refractivity contribution in [2.75, 3.05) is 59.5 Å². The van der Waals surface area contributed by atoms with Crippen molar-refractivity contribution < 1.29 is 203 Å². The smallest absolute Gasteiger partial charge is 0.217 e. The second-order valence-corrected chi connectivity index (χ2v) is 24.4. The van der Waals surface area contributed by atoms with E-state index in [-0.39, 0.29) is 0 Å². The molecule has 0 bridgehead atoms. The minimum Gasteiger partial charge on any atom is -0.394 e. The molecular weight excluding hydrogens is 1350 g/mol. The molecule has 7 saturated heterocycles. The minimum absolute atomic E-state index is 0.920. The number of carbonyl (C=O) groups is 3. The maximum atomic E-state index is 12.8. The van der Waals surface area contributed by atoms with Crippen molar-refractivity contribution in [3.63, 3.8) is 0 Å². The van der Waals surface area contributed by atoms with Crippen LogP contribution in [-0.2, 0) is 80.7 Å². The molecule has 0 unspecified atom stereocenters. The summed E-state index contributed by atoms with van der Waals surface area (Å²) in [5.74, 6) is -2.81. The third-order valence-corrected chi connectivity index (χ3v) is 17.5. The van der Waals surface area contributed by atoms with Crippen LogP contribution in [0.5, 0.6) is 0 Å². The van der Waals surface area contributed by atoms with E-state index in [1.807, 2.05) is 0 Å². The molecule has 0 aliphatic carbocycles. The summed E-state index contributed by atoms with van der Waals surface area (Å²) in [4.78, 5) is 38.2. The molecule has 44 heteroatoms. The molecule has 0 aromatic rings. The topological polar surface area (TPSA) is 702 Å². The molecule has 0 saturated carbocycles. The van der Waals surface area contributed by atoms with Gasteiger partial charge in [0.2, 0.25) is 17.7 Å². The number of ether oxygens (including phenoxy) is 14. The average Bonchev–Trinajstić information content (AvgIpc) is 0.781. The molecule has 0 aromatic heterocycles.